The van der Waals surface area contributed by atoms with Crippen LogP contribution < -0.4 is 20.3 Å². The van der Waals surface area contributed by atoms with Gasteiger partial charge in [0.05, 0.1) is 11.1 Å². The topological polar surface area (TPSA) is 92.9 Å². The predicted molar refractivity (Wildman–Crippen MR) is 149 cm³/mol. The van der Waals surface area contributed by atoms with Crippen LogP contribution in [0.15, 0.2) is 21.8 Å². The molecular weight excluding hydrogens is 526 g/mol. The zero-order valence-corrected chi connectivity index (χ0v) is 24.2. The maximum absolute atomic E-state index is 13.2. The molecule has 1 saturated heterocycles. The molecule has 1 atom stereocenters. The van der Waals surface area contributed by atoms with Gasteiger partial charge in [0, 0.05) is 72.9 Å². The van der Waals surface area contributed by atoms with E-state index in [1.165, 1.54) is 11.8 Å². The Hall–Kier alpha value is -2.20. The lowest BCUT2D eigenvalue weighted by Crippen LogP contribution is -2.57. The number of ether oxygens (including phenoxy) is 3. The van der Waals surface area contributed by atoms with Gasteiger partial charge in [0.25, 0.3) is 17.3 Å². The molecule has 1 aromatic carbocycles. The quantitative estimate of drug-likeness (QED) is 0.474. The molecule has 38 heavy (non-hydrogen) atoms. The maximum atomic E-state index is 13.2. The molecular formula is C28H36ClN3O5S. The number of amides is 1. The zero-order valence-electron chi connectivity index (χ0n) is 22.6. The van der Waals surface area contributed by atoms with E-state index in [2.05, 4.69) is 15.2 Å². The van der Waals surface area contributed by atoms with Crippen molar-refractivity contribution in [3.8, 4) is 11.5 Å². The molecule has 0 spiro atoms. The van der Waals surface area contributed by atoms with Gasteiger partial charge in [-0.25, -0.2) is 0 Å². The SMILES string of the molecule is COC1CN(C2CCC([C@@]3(C)Oc4c(Cl)cc(C(=O)NCc5c(SC)cc(C)[nH]c5=O)c(C)c4O3)CC2)C1. The van der Waals surface area contributed by atoms with Gasteiger partial charge in [0.15, 0.2) is 11.5 Å². The van der Waals surface area contributed by atoms with Crippen LogP contribution in [0.1, 0.15) is 59.8 Å². The van der Waals surface area contributed by atoms with Crippen molar-refractivity contribution in [2.75, 3.05) is 26.5 Å². The fraction of sp³-hybridized carbons (Fsp3) is 0.571. The molecule has 1 aromatic heterocycles. The van der Waals surface area contributed by atoms with Gasteiger partial charge in [-0.1, -0.05) is 11.6 Å². The molecule has 10 heteroatoms. The molecule has 0 bridgehead atoms. The van der Waals surface area contributed by atoms with Crippen LogP contribution >= 0.6 is 23.4 Å². The Morgan fingerprint density at radius 2 is 1.89 bits per heavy atom. The number of aromatic amines is 1. The van der Waals surface area contributed by atoms with E-state index in [0.29, 0.717) is 45.4 Å². The lowest BCUT2D eigenvalue weighted by atomic mass is 9.80. The molecule has 2 fully saturated rings. The fourth-order valence-electron chi connectivity index (χ4n) is 5.93. The van der Waals surface area contributed by atoms with Crippen molar-refractivity contribution in [2.45, 2.75) is 75.8 Å². The molecule has 3 heterocycles. The second kappa shape index (κ2) is 10.8. The number of aromatic nitrogens is 1. The number of halogens is 1. The number of hydrogen-bond donors (Lipinski definition) is 2. The molecule has 2 aromatic rings. The van der Waals surface area contributed by atoms with Crippen LogP contribution in [0.2, 0.25) is 5.02 Å². The van der Waals surface area contributed by atoms with E-state index < -0.39 is 5.79 Å². The fourth-order valence-corrected chi connectivity index (χ4v) is 6.87. The Balaban J connectivity index is 1.27. The zero-order chi connectivity index (χ0) is 27.2. The van der Waals surface area contributed by atoms with E-state index in [-0.39, 0.29) is 23.9 Å². The van der Waals surface area contributed by atoms with Crippen LogP contribution in [0, 0.1) is 19.8 Å². The molecule has 0 unspecified atom stereocenters. The Kier molecular flexibility index (Phi) is 7.75. The van der Waals surface area contributed by atoms with Crippen molar-refractivity contribution in [2.24, 2.45) is 5.92 Å². The van der Waals surface area contributed by atoms with Gasteiger partial charge in [0.1, 0.15) is 0 Å². The maximum Gasteiger partial charge on any atom is 0.254 e. The minimum absolute atomic E-state index is 0.110. The van der Waals surface area contributed by atoms with Crippen molar-refractivity contribution >= 4 is 29.3 Å². The molecule has 206 valence electrons. The molecule has 1 amide bonds. The molecule has 1 saturated carbocycles. The van der Waals surface area contributed by atoms with Gasteiger partial charge in [-0.2, -0.15) is 0 Å². The number of carbonyl (C=O) groups excluding carboxylic acids is 1. The lowest BCUT2D eigenvalue weighted by molar-refractivity contribution is -0.130. The molecule has 2 aliphatic heterocycles. The third-order valence-corrected chi connectivity index (χ3v) is 9.42. The number of pyridine rings is 1. The van der Waals surface area contributed by atoms with Gasteiger partial charge < -0.3 is 24.5 Å². The largest absolute Gasteiger partial charge is 0.448 e. The number of fused-ring (bicyclic) bond motifs is 1. The van der Waals surface area contributed by atoms with Crippen molar-refractivity contribution in [1.82, 2.24) is 15.2 Å². The van der Waals surface area contributed by atoms with Crippen molar-refractivity contribution in [3.05, 3.63) is 49.9 Å². The molecule has 3 aliphatic rings. The monoisotopic (exact) mass is 561 g/mol. The van der Waals surface area contributed by atoms with Crippen LogP contribution in [0.4, 0.5) is 0 Å². The minimum Gasteiger partial charge on any atom is -0.448 e. The van der Waals surface area contributed by atoms with Crippen LogP contribution in [-0.2, 0) is 11.3 Å². The summed E-state index contributed by atoms with van der Waals surface area (Å²) in [6.07, 6.45) is 6.45. The normalized spacial score (nSPS) is 25.3. The van der Waals surface area contributed by atoms with Crippen LogP contribution in [0.5, 0.6) is 11.5 Å². The summed E-state index contributed by atoms with van der Waals surface area (Å²) in [5, 5.41) is 3.23. The van der Waals surface area contributed by atoms with Crippen LogP contribution in [0.25, 0.3) is 0 Å². The molecule has 1 aliphatic carbocycles. The van der Waals surface area contributed by atoms with E-state index in [1.54, 1.807) is 13.2 Å². The molecule has 2 N–H and O–H groups in total. The number of benzene rings is 1. The number of hydrogen-bond acceptors (Lipinski definition) is 7. The van der Waals surface area contributed by atoms with Gasteiger partial charge in [-0.15, -0.1) is 11.8 Å². The van der Waals surface area contributed by atoms with E-state index in [1.807, 2.05) is 33.1 Å². The number of rotatable bonds is 7. The van der Waals surface area contributed by atoms with Crippen molar-refractivity contribution in [3.63, 3.8) is 0 Å². The first kappa shape index (κ1) is 27.4. The summed E-state index contributed by atoms with van der Waals surface area (Å²) in [6.45, 7) is 7.80. The number of thioether (sulfide) groups is 1. The second-order valence-electron chi connectivity index (χ2n) is 10.7. The highest BCUT2D eigenvalue weighted by molar-refractivity contribution is 7.98. The van der Waals surface area contributed by atoms with Crippen LogP contribution in [-0.4, -0.2) is 60.2 Å². The summed E-state index contributed by atoms with van der Waals surface area (Å²) >= 11 is 8.10. The molecule has 0 radical (unpaired) electrons. The standard InChI is InChI=1S/C28H36ClN3O5S/c1-15-10-23(38-5)21(27(34)31-15)12-30-26(33)20-11-22(29)25-24(16(20)2)36-28(3,37-25)17-6-8-18(9-7-17)32-13-19(14-32)35-4/h10-11,17-19H,6-9,12-14H2,1-5H3,(H,30,33)(H,31,34)/t17?,18?,28-/m1/s1. The number of carbonyl (C=O) groups is 1. The Bertz CT molecular complexity index is 1290. The number of nitrogens with zero attached hydrogens (tertiary/aromatic N) is 1. The number of methoxy groups -OCH3 is 1. The van der Waals surface area contributed by atoms with Crippen molar-refractivity contribution < 1.29 is 19.0 Å². The van der Waals surface area contributed by atoms with Crippen LogP contribution in [0.3, 0.4) is 0 Å². The van der Waals surface area contributed by atoms with E-state index in [9.17, 15) is 9.59 Å². The van der Waals surface area contributed by atoms with E-state index in [4.69, 9.17) is 25.8 Å². The first-order valence-electron chi connectivity index (χ1n) is 13.2. The average molecular weight is 562 g/mol. The minimum atomic E-state index is -0.830. The number of aryl methyl sites for hydroxylation is 1. The average Bonchev–Trinajstić information content (AvgIpc) is 3.24. The first-order valence-corrected chi connectivity index (χ1v) is 14.8. The summed E-state index contributed by atoms with van der Waals surface area (Å²) in [5.41, 5.74) is 2.19. The van der Waals surface area contributed by atoms with Crippen molar-refractivity contribution in [1.29, 1.82) is 0 Å². The Morgan fingerprint density at radius 1 is 1.21 bits per heavy atom. The molecule has 5 rings (SSSR count). The summed E-state index contributed by atoms with van der Waals surface area (Å²) < 4.78 is 18.3. The third kappa shape index (κ3) is 5.06. The second-order valence-corrected chi connectivity index (χ2v) is 12.0. The smallest absolute Gasteiger partial charge is 0.254 e. The van der Waals surface area contributed by atoms with Gasteiger partial charge >= 0.3 is 0 Å². The van der Waals surface area contributed by atoms with Gasteiger partial charge in [0.2, 0.25) is 0 Å². The highest BCUT2D eigenvalue weighted by Gasteiger charge is 2.48. The summed E-state index contributed by atoms with van der Waals surface area (Å²) in [4.78, 5) is 31.9. The Labute approximate surface area is 232 Å². The lowest BCUT2D eigenvalue weighted by Gasteiger charge is -2.47. The molecule has 8 nitrogen and oxygen atoms in total. The van der Waals surface area contributed by atoms with Gasteiger partial charge in [-0.05, 0) is 57.9 Å². The van der Waals surface area contributed by atoms with E-state index in [0.717, 1.165) is 49.4 Å². The number of nitrogens with one attached hydrogen (secondary N) is 2. The third-order valence-electron chi connectivity index (χ3n) is 8.33. The predicted octanol–water partition coefficient (Wildman–Crippen LogP) is 4.67. The highest BCUT2D eigenvalue weighted by Crippen LogP contribution is 2.51. The highest BCUT2D eigenvalue weighted by atomic mass is 35.5. The summed E-state index contributed by atoms with van der Waals surface area (Å²) in [5.74, 6) is 0.0903. The summed E-state index contributed by atoms with van der Waals surface area (Å²) in [7, 11) is 1.78. The Morgan fingerprint density at radius 3 is 2.55 bits per heavy atom. The van der Waals surface area contributed by atoms with Gasteiger partial charge in [-0.3, -0.25) is 14.5 Å². The number of H-pyrrole nitrogens is 1. The summed E-state index contributed by atoms with van der Waals surface area (Å²) in [6, 6.07) is 4.12. The van der Waals surface area contributed by atoms with E-state index >= 15 is 0 Å². The number of likely N-dealkylation sites (tertiary alicyclic amines) is 1. The first-order chi connectivity index (χ1) is 18.1.